The predicted molar refractivity (Wildman–Crippen MR) is 134 cm³/mol. The van der Waals surface area contributed by atoms with E-state index in [4.69, 9.17) is 5.11 Å². The summed E-state index contributed by atoms with van der Waals surface area (Å²) in [5.41, 5.74) is 10.5. The van der Waals surface area contributed by atoms with Crippen LogP contribution in [0, 0.1) is 41.5 Å². The molecule has 4 rings (SSSR count). The van der Waals surface area contributed by atoms with Gasteiger partial charge in [0.25, 0.3) is 0 Å². The summed E-state index contributed by atoms with van der Waals surface area (Å²) in [5, 5.41) is 20.6. The quantitative estimate of drug-likeness (QED) is 0.295. The van der Waals surface area contributed by atoms with Crippen molar-refractivity contribution in [3.05, 3.63) is 94.0 Å². The summed E-state index contributed by atoms with van der Waals surface area (Å²) in [6, 6.07) is 20.2. The lowest BCUT2D eigenvalue weighted by molar-refractivity contribution is 1.16. The number of rotatable bonds is 4. The van der Waals surface area contributed by atoms with Crippen LogP contribution >= 0.6 is 0 Å². The number of benzene rings is 4. The van der Waals surface area contributed by atoms with Gasteiger partial charge in [-0.15, -0.1) is 5.11 Å². The SMILES string of the molecule is Cc1ccc(N=Nc2c(C)cc3ccc(N=Nc4ccccc4)c(C)c3c2C)c(C)c1C. The lowest BCUT2D eigenvalue weighted by Gasteiger charge is -2.13. The van der Waals surface area contributed by atoms with Gasteiger partial charge < -0.3 is 0 Å². The molecule has 4 nitrogen and oxygen atoms in total. The minimum absolute atomic E-state index is 0.839. The Bertz CT molecular complexity index is 1370. The number of fused-ring (bicyclic) bond motifs is 1. The molecule has 0 aliphatic heterocycles. The van der Waals surface area contributed by atoms with Crippen LogP contribution in [0.4, 0.5) is 22.7 Å². The van der Waals surface area contributed by atoms with Crippen molar-refractivity contribution < 1.29 is 0 Å². The van der Waals surface area contributed by atoms with E-state index in [2.05, 4.69) is 75.1 Å². The molecule has 0 radical (unpaired) electrons. The summed E-state index contributed by atoms with van der Waals surface area (Å²) < 4.78 is 0. The van der Waals surface area contributed by atoms with Gasteiger partial charge in [0.15, 0.2) is 0 Å². The molecule has 4 aromatic carbocycles. The first-order valence-electron chi connectivity index (χ1n) is 10.9. The highest BCUT2D eigenvalue weighted by molar-refractivity contribution is 5.95. The summed E-state index contributed by atoms with van der Waals surface area (Å²) in [5.74, 6) is 0. The molecule has 0 unspecified atom stereocenters. The molecular formula is C28H28N4. The van der Waals surface area contributed by atoms with Crippen molar-refractivity contribution in [2.45, 2.75) is 41.5 Å². The predicted octanol–water partition coefficient (Wildman–Crippen LogP) is 9.52. The van der Waals surface area contributed by atoms with Crippen LogP contribution in [0.3, 0.4) is 0 Å². The van der Waals surface area contributed by atoms with Crippen molar-refractivity contribution in [3.8, 4) is 0 Å². The molecule has 32 heavy (non-hydrogen) atoms. The highest BCUT2D eigenvalue weighted by atomic mass is 15.1. The van der Waals surface area contributed by atoms with Gasteiger partial charge in [0.1, 0.15) is 0 Å². The Morgan fingerprint density at radius 2 is 1.16 bits per heavy atom. The smallest absolute Gasteiger partial charge is 0.0921 e. The second-order valence-electron chi connectivity index (χ2n) is 8.36. The Balaban J connectivity index is 1.78. The molecule has 0 bridgehead atoms. The lowest BCUT2D eigenvalue weighted by Crippen LogP contribution is -1.89. The van der Waals surface area contributed by atoms with E-state index in [-0.39, 0.29) is 0 Å². The number of aryl methyl sites for hydroxylation is 4. The van der Waals surface area contributed by atoms with Crippen molar-refractivity contribution in [3.63, 3.8) is 0 Å². The third-order valence-electron chi connectivity index (χ3n) is 6.26. The summed E-state index contributed by atoms with van der Waals surface area (Å²) in [4.78, 5) is 0. The Kier molecular flexibility index (Phi) is 5.95. The van der Waals surface area contributed by atoms with Crippen molar-refractivity contribution in [2.75, 3.05) is 0 Å². The number of nitrogens with zero attached hydrogens (tertiary/aromatic N) is 4. The maximum Gasteiger partial charge on any atom is 0.0921 e. The van der Waals surface area contributed by atoms with Gasteiger partial charge in [-0.1, -0.05) is 30.3 Å². The van der Waals surface area contributed by atoms with Gasteiger partial charge in [0.05, 0.1) is 22.7 Å². The van der Waals surface area contributed by atoms with E-state index in [0.717, 1.165) is 44.8 Å². The number of hydrogen-bond acceptors (Lipinski definition) is 4. The van der Waals surface area contributed by atoms with Gasteiger partial charge in [-0.3, -0.25) is 0 Å². The normalized spacial score (nSPS) is 11.8. The zero-order chi connectivity index (χ0) is 22.8. The second-order valence-corrected chi connectivity index (χ2v) is 8.36. The molecule has 0 amide bonds. The molecule has 160 valence electrons. The molecule has 4 aromatic rings. The van der Waals surface area contributed by atoms with E-state index in [1.807, 2.05) is 42.5 Å². The first-order chi connectivity index (χ1) is 15.4. The van der Waals surface area contributed by atoms with Gasteiger partial charge in [-0.25, -0.2) is 0 Å². The molecule has 0 N–H and O–H groups in total. The van der Waals surface area contributed by atoms with E-state index < -0.39 is 0 Å². The Morgan fingerprint density at radius 1 is 0.500 bits per heavy atom. The minimum Gasteiger partial charge on any atom is -0.151 e. The summed E-state index contributed by atoms with van der Waals surface area (Å²) in [7, 11) is 0. The Hall–Kier alpha value is -3.66. The molecule has 0 aromatic heterocycles. The first-order valence-corrected chi connectivity index (χ1v) is 10.9. The molecule has 0 aliphatic rings. The minimum atomic E-state index is 0.839. The topological polar surface area (TPSA) is 49.4 Å². The summed E-state index contributed by atoms with van der Waals surface area (Å²) in [6.07, 6.45) is 0. The van der Waals surface area contributed by atoms with Gasteiger partial charge in [0.2, 0.25) is 0 Å². The van der Waals surface area contributed by atoms with Crippen LogP contribution in [0.5, 0.6) is 0 Å². The second kappa shape index (κ2) is 8.83. The van der Waals surface area contributed by atoms with E-state index in [1.54, 1.807) is 0 Å². The third kappa shape index (κ3) is 4.09. The fourth-order valence-corrected chi connectivity index (χ4v) is 4.08. The molecule has 4 heteroatoms. The molecule has 0 saturated carbocycles. The van der Waals surface area contributed by atoms with Crippen molar-refractivity contribution in [2.24, 2.45) is 20.5 Å². The molecule has 0 heterocycles. The van der Waals surface area contributed by atoms with Crippen molar-refractivity contribution in [1.82, 2.24) is 0 Å². The summed E-state index contributed by atoms with van der Waals surface area (Å²) in [6.45, 7) is 12.7. The molecule has 0 atom stereocenters. The van der Waals surface area contributed by atoms with Crippen LogP contribution in [0.2, 0.25) is 0 Å². The largest absolute Gasteiger partial charge is 0.151 e. The van der Waals surface area contributed by atoms with Gasteiger partial charge in [0, 0.05) is 0 Å². The van der Waals surface area contributed by atoms with Crippen LogP contribution in [-0.2, 0) is 0 Å². The van der Waals surface area contributed by atoms with Crippen LogP contribution in [0.15, 0.2) is 81.1 Å². The van der Waals surface area contributed by atoms with Crippen LogP contribution in [0.1, 0.15) is 33.4 Å². The van der Waals surface area contributed by atoms with E-state index in [0.29, 0.717) is 0 Å². The van der Waals surface area contributed by atoms with E-state index in [1.165, 1.54) is 22.1 Å². The van der Waals surface area contributed by atoms with Crippen LogP contribution in [-0.4, -0.2) is 0 Å². The van der Waals surface area contributed by atoms with Gasteiger partial charge in [-0.2, -0.15) is 15.3 Å². The van der Waals surface area contributed by atoms with Crippen LogP contribution in [0.25, 0.3) is 10.8 Å². The summed E-state index contributed by atoms with van der Waals surface area (Å²) >= 11 is 0. The molecule has 0 aliphatic carbocycles. The molecule has 0 spiro atoms. The number of hydrogen-bond donors (Lipinski definition) is 0. The zero-order valence-electron chi connectivity index (χ0n) is 19.6. The molecule has 0 saturated heterocycles. The highest BCUT2D eigenvalue weighted by Crippen LogP contribution is 2.38. The van der Waals surface area contributed by atoms with Gasteiger partial charge >= 0.3 is 0 Å². The molecular weight excluding hydrogens is 392 g/mol. The molecule has 0 fully saturated rings. The average Bonchev–Trinajstić information content (AvgIpc) is 2.78. The van der Waals surface area contributed by atoms with E-state index in [9.17, 15) is 0 Å². The lowest BCUT2D eigenvalue weighted by atomic mass is 9.95. The average molecular weight is 421 g/mol. The standard InChI is InChI=1S/C28H28N4/c1-17-12-14-25(20(4)19(17)3)31-32-28-18(2)16-23-13-15-26(21(5)27(23)22(28)6)30-29-24-10-8-7-9-11-24/h7-16H,1-6H3. The monoisotopic (exact) mass is 420 g/mol. The highest BCUT2D eigenvalue weighted by Gasteiger charge is 2.12. The van der Waals surface area contributed by atoms with E-state index >= 15 is 0 Å². The third-order valence-corrected chi connectivity index (χ3v) is 6.26. The van der Waals surface area contributed by atoms with Gasteiger partial charge in [-0.05, 0) is 116 Å². The fourth-order valence-electron chi connectivity index (χ4n) is 4.08. The fraction of sp³-hybridized carbons (Fsp3) is 0.214. The van der Waals surface area contributed by atoms with Crippen LogP contribution < -0.4 is 0 Å². The Morgan fingerprint density at radius 3 is 1.91 bits per heavy atom. The zero-order valence-corrected chi connectivity index (χ0v) is 19.6. The first kappa shape index (κ1) is 21.6. The van der Waals surface area contributed by atoms with Crippen molar-refractivity contribution in [1.29, 1.82) is 0 Å². The maximum absolute atomic E-state index is 4.69. The Labute approximate surface area is 189 Å². The number of azo groups is 2. The maximum atomic E-state index is 4.69. The van der Waals surface area contributed by atoms with Crippen molar-refractivity contribution >= 4 is 33.5 Å².